The number of hydrogen-bond donors (Lipinski definition) is 0. The van der Waals surface area contributed by atoms with Crippen LogP contribution in [0.3, 0.4) is 0 Å². The fourth-order valence-corrected chi connectivity index (χ4v) is 1.23. The maximum atomic E-state index is 11.2. The minimum atomic E-state index is -0.311. The van der Waals surface area contributed by atoms with Gasteiger partial charge in [-0.1, -0.05) is 37.8 Å². The van der Waals surface area contributed by atoms with E-state index in [9.17, 15) is 4.79 Å². The Kier molecular flexibility index (Phi) is 3.28. The highest BCUT2D eigenvalue weighted by Crippen LogP contribution is 2.27. The Bertz CT molecular complexity index is 299. The Morgan fingerprint density at radius 2 is 2.29 bits per heavy atom. The summed E-state index contributed by atoms with van der Waals surface area (Å²) in [5, 5.41) is 0. The summed E-state index contributed by atoms with van der Waals surface area (Å²) < 4.78 is 5.12. The van der Waals surface area contributed by atoms with Crippen molar-refractivity contribution in [3.05, 3.63) is 36.5 Å². The maximum Gasteiger partial charge on any atom is 0.333 e. The lowest BCUT2D eigenvalue weighted by atomic mass is 9.85. The molecule has 0 aromatic rings. The normalized spacial score (nSPS) is 24.7. The zero-order valence-corrected chi connectivity index (χ0v) is 8.75. The van der Waals surface area contributed by atoms with E-state index in [2.05, 4.69) is 25.7 Å². The molecule has 0 heterocycles. The summed E-state index contributed by atoms with van der Waals surface area (Å²) in [6, 6.07) is 0. The van der Waals surface area contributed by atoms with Gasteiger partial charge < -0.3 is 4.74 Å². The van der Waals surface area contributed by atoms with E-state index in [1.807, 2.05) is 12.2 Å². The average Bonchev–Trinajstić information content (AvgIpc) is 2.15. The van der Waals surface area contributed by atoms with Crippen molar-refractivity contribution in [3.8, 4) is 0 Å². The molecule has 14 heavy (non-hydrogen) atoms. The fourth-order valence-electron chi connectivity index (χ4n) is 1.23. The third kappa shape index (κ3) is 2.87. The third-order valence-electron chi connectivity index (χ3n) is 2.21. The standard InChI is InChI=1S/C12H16O2/c1-10(2)11(13)14-9-12(3)7-5-4-6-8-12/h4-7H,1,8-9H2,2-3H3. The van der Waals surface area contributed by atoms with Crippen LogP contribution in [-0.2, 0) is 9.53 Å². The molecule has 0 saturated heterocycles. The van der Waals surface area contributed by atoms with Crippen molar-refractivity contribution in [3.63, 3.8) is 0 Å². The summed E-state index contributed by atoms with van der Waals surface area (Å²) in [7, 11) is 0. The number of carbonyl (C=O) groups excluding carboxylic acids is 1. The minimum absolute atomic E-state index is 0.0557. The Labute approximate surface area is 85.0 Å². The molecular formula is C12H16O2. The van der Waals surface area contributed by atoms with E-state index in [0.29, 0.717) is 12.2 Å². The van der Waals surface area contributed by atoms with Crippen molar-refractivity contribution >= 4 is 5.97 Å². The van der Waals surface area contributed by atoms with Gasteiger partial charge in [-0.15, -0.1) is 0 Å². The van der Waals surface area contributed by atoms with E-state index in [-0.39, 0.29) is 11.4 Å². The van der Waals surface area contributed by atoms with Gasteiger partial charge in [-0.25, -0.2) is 4.79 Å². The second-order valence-corrected chi connectivity index (χ2v) is 4.00. The van der Waals surface area contributed by atoms with Crippen LogP contribution in [0.15, 0.2) is 36.5 Å². The first-order valence-electron chi connectivity index (χ1n) is 4.70. The molecule has 1 unspecified atom stereocenters. The summed E-state index contributed by atoms with van der Waals surface area (Å²) in [6.45, 7) is 7.67. The van der Waals surface area contributed by atoms with Crippen molar-refractivity contribution in [2.75, 3.05) is 6.61 Å². The molecule has 0 bridgehead atoms. The van der Waals surface area contributed by atoms with Gasteiger partial charge in [0, 0.05) is 11.0 Å². The molecule has 1 aliphatic rings. The molecule has 1 atom stereocenters. The van der Waals surface area contributed by atoms with Crippen LogP contribution in [0.2, 0.25) is 0 Å². The SMILES string of the molecule is C=C(C)C(=O)OCC1(C)C=CC=CC1. The Morgan fingerprint density at radius 3 is 2.79 bits per heavy atom. The first-order valence-corrected chi connectivity index (χ1v) is 4.70. The molecule has 1 aliphatic carbocycles. The molecule has 2 heteroatoms. The van der Waals surface area contributed by atoms with Crippen LogP contribution in [0.5, 0.6) is 0 Å². The third-order valence-corrected chi connectivity index (χ3v) is 2.21. The highest BCUT2D eigenvalue weighted by molar-refractivity contribution is 5.86. The molecule has 0 saturated carbocycles. The molecule has 0 radical (unpaired) electrons. The van der Waals surface area contributed by atoms with Crippen LogP contribution >= 0.6 is 0 Å². The number of esters is 1. The number of allylic oxidation sites excluding steroid dienone is 3. The topological polar surface area (TPSA) is 26.3 Å². The van der Waals surface area contributed by atoms with Crippen LogP contribution in [0, 0.1) is 5.41 Å². The van der Waals surface area contributed by atoms with Gasteiger partial charge in [0.25, 0.3) is 0 Å². The summed E-state index contributed by atoms with van der Waals surface area (Å²) in [5.74, 6) is -0.311. The van der Waals surface area contributed by atoms with Crippen molar-refractivity contribution in [2.24, 2.45) is 5.41 Å². The lowest BCUT2D eigenvalue weighted by Crippen LogP contribution is -2.23. The Balaban J connectivity index is 2.45. The Morgan fingerprint density at radius 1 is 1.57 bits per heavy atom. The summed E-state index contributed by atoms with van der Waals surface area (Å²) in [5.41, 5.74) is 0.392. The van der Waals surface area contributed by atoms with E-state index in [0.717, 1.165) is 6.42 Å². The number of ether oxygens (including phenoxy) is 1. The van der Waals surface area contributed by atoms with Gasteiger partial charge >= 0.3 is 5.97 Å². The van der Waals surface area contributed by atoms with Crippen LogP contribution in [0.1, 0.15) is 20.3 Å². The molecule has 0 spiro atoms. The van der Waals surface area contributed by atoms with Crippen molar-refractivity contribution in [2.45, 2.75) is 20.3 Å². The first-order chi connectivity index (χ1) is 6.53. The number of carbonyl (C=O) groups is 1. The van der Waals surface area contributed by atoms with E-state index in [1.165, 1.54) is 0 Å². The van der Waals surface area contributed by atoms with E-state index in [1.54, 1.807) is 6.92 Å². The predicted octanol–water partition coefficient (Wildman–Crippen LogP) is 2.63. The molecule has 1 rings (SSSR count). The highest BCUT2D eigenvalue weighted by Gasteiger charge is 2.23. The van der Waals surface area contributed by atoms with Gasteiger partial charge in [-0.05, 0) is 13.3 Å². The first kappa shape index (κ1) is 10.8. The molecule has 0 amide bonds. The van der Waals surface area contributed by atoms with Gasteiger partial charge in [0.15, 0.2) is 0 Å². The number of hydrogen-bond acceptors (Lipinski definition) is 2. The maximum absolute atomic E-state index is 11.2. The average molecular weight is 192 g/mol. The smallest absolute Gasteiger partial charge is 0.333 e. The van der Waals surface area contributed by atoms with E-state index in [4.69, 9.17) is 4.74 Å². The molecule has 0 fully saturated rings. The largest absolute Gasteiger partial charge is 0.461 e. The number of rotatable bonds is 3. The Hall–Kier alpha value is -1.31. The molecule has 0 N–H and O–H groups in total. The molecule has 2 nitrogen and oxygen atoms in total. The van der Waals surface area contributed by atoms with Crippen LogP contribution in [-0.4, -0.2) is 12.6 Å². The van der Waals surface area contributed by atoms with Crippen LogP contribution in [0.4, 0.5) is 0 Å². The fraction of sp³-hybridized carbons (Fsp3) is 0.417. The van der Waals surface area contributed by atoms with Gasteiger partial charge in [0.1, 0.15) is 6.61 Å². The summed E-state index contributed by atoms with van der Waals surface area (Å²) in [4.78, 5) is 11.2. The van der Waals surface area contributed by atoms with Crippen LogP contribution in [0.25, 0.3) is 0 Å². The van der Waals surface area contributed by atoms with E-state index < -0.39 is 0 Å². The van der Waals surface area contributed by atoms with Gasteiger partial charge in [0.2, 0.25) is 0 Å². The lowest BCUT2D eigenvalue weighted by Gasteiger charge is -2.25. The monoisotopic (exact) mass is 192 g/mol. The highest BCUT2D eigenvalue weighted by atomic mass is 16.5. The predicted molar refractivity (Wildman–Crippen MR) is 56.8 cm³/mol. The van der Waals surface area contributed by atoms with E-state index >= 15 is 0 Å². The quantitative estimate of drug-likeness (QED) is 0.507. The van der Waals surface area contributed by atoms with Crippen LogP contribution < -0.4 is 0 Å². The summed E-state index contributed by atoms with van der Waals surface area (Å²) in [6.07, 6.45) is 9.04. The van der Waals surface area contributed by atoms with Gasteiger partial charge in [-0.2, -0.15) is 0 Å². The van der Waals surface area contributed by atoms with Crippen molar-refractivity contribution in [1.29, 1.82) is 0 Å². The second-order valence-electron chi connectivity index (χ2n) is 4.00. The second kappa shape index (κ2) is 4.27. The zero-order valence-electron chi connectivity index (χ0n) is 8.75. The molecule has 76 valence electrons. The van der Waals surface area contributed by atoms with Gasteiger partial charge in [-0.3, -0.25) is 0 Å². The summed E-state index contributed by atoms with van der Waals surface area (Å²) >= 11 is 0. The lowest BCUT2D eigenvalue weighted by molar-refractivity contribution is -0.141. The van der Waals surface area contributed by atoms with Gasteiger partial charge in [0.05, 0.1) is 0 Å². The van der Waals surface area contributed by atoms with Crippen molar-refractivity contribution < 1.29 is 9.53 Å². The minimum Gasteiger partial charge on any atom is -0.461 e. The zero-order chi connectivity index (χ0) is 10.6. The molecule has 0 aromatic carbocycles. The molecule has 0 aromatic heterocycles. The molecule has 0 aliphatic heterocycles. The molecular weight excluding hydrogens is 176 g/mol. The van der Waals surface area contributed by atoms with Crippen molar-refractivity contribution in [1.82, 2.24) is 0 Å².